The fraction of sp³-hybridized carbons (Fsp3) is 0.733. The Morgan fingerprint density at radius 1 is 1.40 bits per heavy atom. The molecule has 1 amide bonds. The zero-order valence-electron chi connectivity index (χ0n) is 13.3. The lowest BCUT2D eigenvalue weighted by molar-refractivity contribution is -0.122. The molecule has 0 aliphatic rings. The first kappa shape index (κ1) is 17.1. The zero-order valence-corrected chi connectivity index (χ0v) is 14.1. The average molecular weight is 298 g/mol. The highest BCUT2D eigenvalue weighted by molar-refractivity contribution is 7.09. The van der Waals surface area contributed by atoms with Crippen molar-refractivity contribution >= 4 is 17.2 Å². The molecule has 0 saturated carbocycles. The fourth-order valence-electron chi connectivity index (χ4n) is 1.44. The number of carbonyl (C=O) groups is 1. The molecule has 4 nitrogen and oxygen atoms in total. The smallest absolute Gasteiger partial charge is 0.226 e. The number of hydrogen-bond acceptors (Lipinski definition) is 4. The van der Waals surface area contributed by atoms with Gasteiger partial charge in [0, 0.05) is 17.3 Å². The molecule has 0 aromatic carbocycles. The molecule has 1 unspecified atom stereocenters. The molecule has 0 spiro atoms. The summed E-state index contributed by atoms with van der Waals surface area (Å²) >= 11 is 1.59. The summed E-state index contributed by atoms with van der Waals surface area (Å²) in [6.07, 6.45) is 0.265. The predicted octanol–water partition coefficient (Wildman–Crippen LogP) is 2.51. The number of amides is 1. The summed E-state index contributed by atoms with van der Waals surface area (Å²) in [7, 11) is 0. The number of carbonyl (C=O) groups excluding carboxylic acids is 1. The Kier molecular flexibility index (Phi) is 5.33. The normalized spacial score (nSPS) is 15.2. The molecular formula is C15H26N2O2S. The maximum atomic E-state index is 11.9. The third-order valence-corrected chi connectivity index (χ3v) is 4.74. The van der Waals surface area contributed by atoms with E-state index in [9.17, 15) is 9.90 Å². The number of aromatic nitrogens is 1. The van der Waals surface area contributed by atoms with Gasteiger partial charge in [0.15, 0.2) is 0 Å². The number of rotatable bonds is 5. The lowest BCUT2D eigenvalue weighted by Crippen LogP contribution is -2.44. The van der Waals surface area contributed by atoms with Crippen molar-refractivity contribution in [3.63, 3.8) is 0 Å². The van der Waals surface area contributed by atoms with Crippen LogP contribution in [0.3, 0.4) is 0 Å². The lowest BCUT2D eigenvalue weighted by atomic mass is 9.92. The van der Waals surface area contributed by atoms with Gasteiger partial charge < -0.3 is 10.4 Å². The Balaban J connectivity index is 2.53. The van der Waals surface area contributed by atoms with E-state index in [4.69, 9.17) is 0 Å². The van der Waals surface area contributed by atoms with E-state index >= 15 is 0 Å². The molecule has 20 heavy (non-hydrogen) atoms. The Morgan fingerprint density at radius 2 is 2.00 bits per heavy atom. The minimum absolute atomic E-state index is 0.0146. The largest absolute Gasteiger partial charge is 0.388 e. The quantitative estimate of drug-likeness (QED) is 0.878. The summed E-state index contributed by atoms with van der Waals surface area (Å²) in [6, 6.07) is 0. The van der Waals surface area contributed by atoms with Crippen LogP contribution in [-0.2, 0) is 16.6 Å². The van der Waals surface area contributed by atoms with Crippen molar-refractivity contribution in [2.45, 2.75) is 59.0 Å². The molecule has 1 atom stereocenters. The second-order valence-corrected chi connectivity index (χ2v) is 7.72. The Bertz CT molecular complexity index is 459. The van der Waals surface area contributed by atoms with Crippen LogP contribution in [0.25, 0.3) is 0 Å². The highest BCUT2D eigenvalue weighted by atomic mass is 32.1. The number of thiazole rings is 1. The van der Waals surface area contributed by atoms with Gasteiger partial charge in [-0.25, -0.2) is 4.98 Å². The van der Waals surface area contributed by atoms with E-state index in [-0.39, 0.29) is 30.2 Å². The van der Waals surface area contributed by atoms with Crippen LogP contribution >= 0.6 is 11.3 Å². The summed E-state index contributed by atoms with van der Waals surface area (Å²) in [5.41, 5.74) is -0.0729. The molecule has 0 aliphatic heterocycles. The number of aliphatic hydroxyl groups is 1. The molecule has 0 fully saturated rings. The summed E-state index contributed by atoms with van der Waals surface area (Å²) in [6.45, 7) is 12.2. The maximum absolute atomic E-state index is 11.9. The molecule has 0 bridgehead atoms. The van der Waals surface area contributed by atoms with Gasteiger partial charge in [0.1, 0.15) is 0 Å². The molecule has 1 aromatic rings. The van der Waals surface area contributed by atoms with Gasteiger partial charge in [0.25, 0.3) is 0 Å². The second-order valence-electron chi connectivity index (χ2n) is 6.86. The number of nitrogens with one attached hydrogen (secondary N) is 1. The van der Waals surface area contributed by atoms with Crippen LogP contribution in [0.2, 0.25) is 0 Å². The van der Waals surface area contributed by atoms with E-state index in [0.29, 0.717) is 0 Å². The van der Waals surface area contributed by atoms with Gasteiger partial charge >= 0.3 is 0 Å². The van der Waals surface area contributed by atoms with Crippen molar-refractivity contribution in [3.8, 4) is 0 Å². The van der Waals surface area contributed by atoms with Crippen LogP contribution in [0.5, 0.6) is 0 Å². The van der Waals surface area contributed by atoms with Crippen LogP contribution in [0.15, 0.2) is 5.38 Å². The van der Waals surface area contributed by atoms with E-state index in [1.165, 1.54) is 0 Å². The van der Waals surface area contributed by atoms with Gasteiger partial charge in [0.05, 0.1) is 22.7 Å². The monoisotopic (exact) mass is 298 g/mol. The van der Waals surface area contributed by atoms with Crippen LogP contribution in [0.4, 0.5) is 0 Å². The fourth-order valence-corrected chi connectivity index (χ4v) is 2.35. The van der Waals surface area contributed by atoms with Crippen molar-refractivity contribution in [2.75, 3.05) is 6.54 Å². The Labute approximate surface area is 125 Å². The van der Waals surface area contributed by atoms with Gasteiger partial charge in [0.2, 0.25) is 5.91 Å². The zero-order chi connectivity index (χ0) is 15.6. The standard InChI is InChI=1S/C15H26N2O2S/c1-10(2)15(6,19)9-16-12(18)7-11-8-20-13(17-11)14(3,4)5/h8,10,19H,7,9H2,1-6H3,(H,16,18). The first-order valence-electron chi connectivity index (χ1n) is 6.96. The molecule has 1 heterocycles. The predicted molar refractivity (Wildman–Crippen MR) is 83.0 cm³/mol. The van der Waals surface area contributed by atoms with Gasteiger partial charge in [-0.05, 0) is 12.8 Å². The van der Waals surface area contributed by atoms with Crippen LogP contribution in [0.1, 0.15) is 52.2 Å². The maximum Gasteiger partial charge on any atom is 0.226 e. The van der Waals surface area contributed by atoms with E-state index in [0.717, 1.165) is 10.7 Å². The minimum Gasteiger partial charge on any atom is -0.388 e. The molecule has 0 radical (unpaired) electrons. The molecule has 114 valence electrons. The van der Waals surface area contributed by atoms with Crippen molar-refractivity contribution in [1.82, 2.24) is 10.3 Å². The summed E-state index contributed by atoms with van der Waals surface area (Å²) in [5.74, 6) is -0.00810. The van der Waals surface area contributed by atoms with Crippen LogP contribution in [-0.4, -0.2) is 28.1 Å². The Hall–Kier alpha value is -0.940. The van der Waals surface area contributed by atoms with E-state index in [1.807, 2.05) is 19.2 Å². The van der Waals surface area contributed by atoms with Gasteiger partial charge in [-0.2, -0.15) is 0 Å². The van der Waals surface area contributed by atoms with E-state index < -0.39 is 5.60 Å². The first-order valence-corrected chi connectivity index (χ1v) is 7.84. The topological polar surface area (TPSA) is 62.2 Å². The van der Waals surface area contributed by atoms with Crippen LogP contribution in [0, 0.1) is 5.92 Å². The minimum atomic E-state index is -0.881. The van der Waals surface area contributed by atoms with Crippen molar-refractivity contribution < 1.29 is 9.90 Å². The van der Waals surface area contributed by atoms with E-state index in [1.54, 1.807) is 18.3 Å². The third-order valence-electron chi connectivity index (χ3n) is 3.42. The van der Waals surface area contributed by atoms with Crippen LogP contribution < -0.4 is 5.32 Å². The second kappa shape index (κ2) is 6.22. The highest BCUT2D eigenvalue weighted by Gasteiger charge is 2.25. The molecule has 1 aromatic heterocycles. The third kappa shape index (κ3) is 4.87. The van der Waals surface area contributed by atoms with E-state index in [2.05, 4.69) is 31.1 Å². The van der Waals surface area contributed by atoms with Crippen molar-refractivity contribution in [2.24, 2.45) is 5.92 Å². The lowest BCUT2D eigenvalue weighted by Gasteiger charge is -2.27. The van der Waals surface area contributed by atoms with Gasteiger partial charge in [-0.3, -0.25) is 4.79 Å². The SMILES string of the molecule is CC(C)C(C)(O)CNC(=O)Cc1csc(C(C)(C)C)n1. The molecule has 0 aliphatic carbocycles. The first-order chi connectivity index (χ1) is 9.02. The molecule has 5 heteroatoms. The number of hydrogen-bond donors (Lipinski definition) is 2. The van der Waals surface area contributed by atoms with Gasteiger partial charge in [-0.15, -0.1) is 11.3 Å². The number of nitrogens with zero attached hydrogens (tertiary/aromatic N) is 1. The summed E-state index contributed by atoms with van der Waals surface area (Å²) in [4.78, 5) is 16.4. The van der Waals surface area contributed by atoms with Gasteiger partial charge in [-0.1, -0.05) is 34.6 Å². The molecule has 1 rings (SSSR count). The van der Waals surface area contributed by atoms with Crippen molar-refractivity contribution in [1.29, 1.82) is 0 Å². The molecular weight excluding hydrogens is 272 g/mol. The Morgan fingerprint density at radius 3 is 2.45 bits per heavy atom. The van der Waals surface area contributed by atoms with Crippen molar-refractivity contribution in [3.05, 3.63) is 16.1 Å². The summed E-state index contributed by atoms with van der Waals surface area (Å²) < 4.78 is 0. The highest BCUT2D eigenvalue weighted by Crippen LogP contribution is 2.25. The molecule has 0 saturated heterocycles. The molecule has 2 N–H and O–H groups in total. The summed E-state index contributed by atoms with van der Waals surface area (Å²) in [5, 5.41) is 15.8. The average Bonchev–Trinajstić information content (AvgIpc) is 2.74.